The van der Waals surface area contributed by atoms with Crippen LogP contribution in [-0.2, 0) is 0 Å². The Morgan fingerprint density at radius 2 is 1.53 bits per heavy atom. The Balaban J connectivity index is 2.60. The second-order valence-electron chi connectivity index (χ2n) is 3.01. The summed E-state index contributed by atoms with van der Waals surface area (Å²) in [7, 11) is 0. The summed E-state index contributed by atoms with van der Waals surface area (Å²) >= 11 is 17.9. The molecule has 0 unspecified atom stereocenters. The van der Waals surface area contributed by atoms with E-state index in [9.17, 15) is 0 Å². The first-order chi connectivity index (χ1) is 7.18. The third-order valence-electron chi connectivity index (χ3n) is 2.03. The minimum absolute atomic E-state index is 0.482. The van der Waals surface area contributed by atoms with Gasteiger partial charge in [0.15, 0.2) is 0 Å². The van der Waals surface area contributed by atoms with Crippen molar-refractivity contribution in [2.45, 2.75) is 0 Å². The Bertz CT molecular complexity index is 492. The molecule has 0 aromatic heterocycles. The van der Waals surface area contributed by atoms with E-state index in [-0.39, 0.29) is 0 Å². The molecule has 2 rings (SSSR count). The lowest BCUT2D eigenvalue weighted by atomic mass is 10.1. The molecular formula is C12H6Cl3. The molecule has 0 aliphatic rings. The zero-order chi connectivity index (χ0) is 10.8. The first kappa shape index (κ1) is 10.8. The zero-order valence-corrected chi connectivity index (χ0v) is 9.87. The zero-order valence-electron chi connectivity index (χ0n) is 7.60. The summed E-state index contributed by atoms with van der Waals surface area (Å²) < 4.78 is 0. The molecule has 15 heavy (non-hydrogen) atoms. The lowest BCUT2D eigenvalue weighted by Gasteiger charge is -2.06. The second-order valence-corrected chi connectivity index (χ2v) is 4.21. The first-order valence-corrected chi connectivity index (χ1v) is 5.44. The van der Waals surface area contributed by atoms with Gasteiger partial charge in [-0.3, -0.25) is 0 Å². The quantitative estimate of drug-likeness (QED) is 0.665. The van der Waals surface area contributed by atoms with Crippen molar-refractivity contribution in [1.29, 1.82) is 0 Å². The Morgan fingerprint density at radius 3 is 2.20 bits per heavy atom. The van der Waals surface area contributed by atoms with Gasteiger partial charge in [-0.05, 0) is 12.1 Å². The lowest BCUT2D eigenvalue weighted by molar-refractivity contribution is 1.61. The highest BCUT2D eigenvalue weighted by Gasteiger charge is 2.07. The van der Waals surface area contributed by atoms with Gasteiger partial charge in [0.05, 0.1) is 10.0 Å². The van der Waals surface area contributed by atoms with Gasteiger partial charge in [0.1, 0.15) is 0 Å². The molecule has 0 nitrogen and oxygen atoms in total. The van der Waals surface area contributed by atoms with Crippen LogP contribution in [0.15, 0.2) is 36.4 Å². The Labute approximate surface area is 103 Å². The molecule has 2 aromatic carbocycles. The maximum Gasteiger partial charge on any atom is 0.0579 e. The van der Waals surface area contributed by atoms with Crippen LogP contribution in [0.4, 0.5) is 0 Å². The molecule has 0 fully saturated rings. The van der Waals surface area contributed by atoms with Crippen LogP contribution in [0.5, 0.6) is 0 Å². The van der Waals surface area contributed by atoms with Crippen molar-refractivity contribution < 1.29 is 0 Å². The van der Waals surface area contributed by atoms with Crippen molar-refractivity contribution >= 4 is 34.8 Å². The van der Waals surface area contributed by atoms with Crippen LogP contribution < -0.4 is 0 Å². The van der Waals surface area contributed by atoms with E-state index in [0.29, 0.717) is 15.1 Å². The molecule has 0 bridgehead atoms. The lowest BCUT2D eigenvalue weighted by Crippen LogP contribution is -1.81. The molecule has 3 heteroatoms. The van der Waals surface area contributed by atoms with Gasteiger partial charge in [-0.15, -0.1) is 0 Å². The molecule has 0 N–H and O–H groups in total. The fraction of sp³-hybridized carbons (Fsp3) is 0. The summed E-state index contributed by atoms with van der Waals surface area (Å²) in [4.78, 5) is 0. The molecule has 75 valence electrons. The molecule has 0 spiro atoms. The molecule has 1 radical (unpaired) electrons. The standard InChI is InChI=1S/C12H6Cl3/c13-8-5-6-10(12(15)7-8)9-3-1-2-4-11(9)14/h1-6H. The Morgan fingerprint density at radius 1 is 0.800 bits per heavy atom. The van der Waals surface area contributed by atoms with Crippen LogP contribution in [0.2, 0.25) is 15.1 Å². The minimum Gasteiger partial charge on any atom is -0.0837 e. The maximum atomic E-state index is 6.07. The van der Waals surface area contributed by atoms with Gasteiger partial charge in [-0.2, -0.15) is 0 Å². The fourth-order valence-electron chi connectivity index (χ4n) is 1.33. The molecule has 0 atom stereocenters. The van der Waals surface area contributed by atoms with Crippen molar-refractivity contribution in [3.8, 4) is 11.1 Å². The van der Waals surface area contributed by atoms with Gasteiger partial charge in [0.25, 0.3) is 0 Å². The summed E-state index contributed by atoms with van der Waals surface area (Å²) in [5.41, 5.74) is 1.73. The molecule has 0 saturated carbocycles. The van der Waals surface area contributed by atoms with Gasteiger partial charge in [-0.1, -0.05) is 59.1 Å². The van der Waals surface area contributed by atoms with Crippen molar-refractivity contribution in [2.24, 2.45) is 0 Å². The summed E-state index contributed by atoms with van der Waals surface area (Å²) in [5.74, 6) is 0. The van der Waals surface area contributed by atoms with Gasteiger partial charge < -0.3 is 0 Å². The predicted octanol–water partition coefficient (Wildman–Crippen LogP) is 5.11. The van der Waals surface area contributed by atoms with Crippen molar-refractivity contribution in [3.05, 3.63) is 57.5 Å². The number of rotatable bonds is 1. The molecular weight excluding hydrogens is 250 g/mol. The second kappa shape index (κ2) is 4.44. The minimum atomic E-state index is 0.482. The summed E-state index contributed by atoms with van der Waals surface area (Å²) in [6.07, 6.45) is 0. The normalized spacial score (nSPS) is 10.3. The highest BCUT2D eigenvalue weighted by atomic mass is 35.5. The Hall–Kier alpha value is -0.690. The van der Waals surface area contributed by atoms with Gasteiger partial charge in [-0.25, -0.2) is 0 Å². The fourth-order valence-corrected chi connectivity index (χ4v) is 2.04. The molecule has 0 amide bonds. The highest BCUT2D eigenvalue weighted by Crippen LogP contribution is 2.33. The van der Waals surface area contributed by atoms with Crippen LogP contribution in [-0.4, -0.2) is 0 Å². The van der Waals surface area contributed by atoms with Crippen molar-refractivity contribution in [2.75, 3.05) is 0 Å². The van der Waals surface area contributed by atoms with Crippen LogP contribution in [0.1, 0.15) is 0 Å². The third kappa shape index (κ3) is 2.28. The summed E-state index contributed by atoms with van der Waals surface area (Å²) in [6.45, 7) is 0. The van der Waals surface area contributed by atoms with E-state index in [4.69, 9.17) is 34.8 Å². The van der Waals surface area contributed by atoms with Crippen molar-refractivity contribution in [1.82, 2.24) is 0 Å². The smallest absolute Gasteiger partial charge is 0.0579 e. The van der Waals surface area contributed by atoms with Crippen LogP contribution in [0.25, 0.3) is 11.1 Å². The Kier molecular flexibility index (Phi) is 3.20. The van der Waals surface area contributed by atoms with E-state index in [2.05, 4.69) is 6.07 Å². The van der Waals surface area contributed by atoms with E-state index in [1.807, 2.05) is 30.3 Å². The largest absolute Gasteiger partial charge is 0.0837 e. The van der Waals surface area contributed by atoms with Gasteiger partial charge in [0, 0.05) is 22.2 Å². The predicted molar refractivity (Wildman–Crippen MR) is 65.7 cm³/mol. The van der Waals surface area contributed by atoms with Crippen LogP contribution in [0.3, 0.4) is 0 Å². The third-order valence-corrected chi connectivity index (χ3v) is 2.87. The van der Waals surface area contributed by atoms with E-state index in [0.717, 1.165) is 11.1 Å². The van der Waals surface area contributed by atoms with Crippen LogP contribution in [0, 0.1) is 6.07 Å². The number of hydrogen-bond acceptors (Lipinski definition) is 0. The molecule has 0 aliphatic carbocycles. The van der Waals surface area contributed by atoms with E-state index in [1.54, 1.807) is 6.07 Å². The van der Waals surface area contributed by atoms with Gasteiger partial charge in [0.2, 0.25) is 0 Å². The van der Waals surface area contributed by atoms with Gasteiger partial charge >= 0.3 is 0 Å². The van der Waals surface area contributed by atoms with E-state index in [1.165, 1.54) is 0 Å². The number of halogens is 3. The average molecular weight is 257 g/mol. The van der Waals surface area contributed by atoms with Crippen LogP contribution >= 0.6 is 34.8 Å². The topological polar surface area (TPSA) is 0 Å². The first-order valence-electron chi connectivity index (χ1n) is 4.30. The molecule has 0 heterocycles. The molecule has 0 aliphatic heterocycles. The number of benzene rings is 2. The monoisotopic (exact) mass is 255 g/mol. The van der Waals surface area contributed by atoms with Crippen molar-refractivity contribution in [3.63, 3.8) is 0 Å². The summed E-state index contributed by atoms with van der Waals surface area (Å²) in [5, 5.41) is 1.64. The average Bonchev–Trinajstić information content (AvgIpc) is 2.20. The van der Waals surface area contributed by atoms with E-state index >= 15 is 0 Å². The SMILES string of the molecule is Clc1[c]c(Cl)c(-c2ccccc2Cl)cc1. The maximum absolute atomic E-state index is 6.07. The number of hydrogen-bond donors (Lipinski definition) is 0. The molecule has 2 aromatic rings. The van der Waals surface area contributed by atoms with E-state index < -0.39 is 0 Å². The summed E-state index contributed by atoms with van der Waals surface area (Å²) in [6, 6.07) is 13.9. The molecule has 0 saturated heterocycles. The highest BCUT2D eigenvalue weighted by molar-refractivity contribution is 6.37.